The predicted molar refractivity (Wildman–Crippen MR) is 117 cm³/mol. The van der Waals surface area contributed by atoms with Crippen molar-refractivity contribution < 1.29 is 9.53 Å². The number of fused-ring (bicyclic) bond motifs is 2. The maximum atomic E-state index is 11.6. The van der Waals surface area contributed by atoms with E-state index in [1.165, 1.54) is 16.7 Å². The molecule has 6 nitrogen and oxygen atoms in total. The van der Waals surface area contributed by atoms with Crippen LogP contribution < -0.4 is 5.32 Å². The number of aryl methyl sites for hydroxylation is 1. The average molecular weight is 410 g/mol. The zero-order valence-corrected chi connectivity index (χ0v) is 17.3. The number of carbonyl (C=O) groups is 1. The average Bonchev–Trinajstić information content (AvgIpc) is 3.14. The van der Waals surface area contributed by atoms with Crippen molar-refractivity contribution >= 4 is 17.5 Å². The highest BCUT2D eigenvalue weighted by Gasteiger charge is 2.22. The number of carbonyl (C=O) groups excluding carboxylic acids is 1. The summed E-state index contributed by atoms with van der Waals surface area (Å²) in [4.78, 5) is 18.4. The van der Waals surface area contributed by atoms with E-state index < -0.39 is 0 Å². The number of esters is 1. The number of nitriles is 1. The van der Waals surface area contributed by atoms with Gasteiger partial charge in [-0.2, -0.15) is 5.26 Å². The summed E-state index contributed by atoms with van der Waals surface area (Å²) in [7, 11) is 0. The molecule has 154 valence electrons. The van der Waals surface area contributed by atoms with E-state index in [0.717, 1.165) is 48.7 Å². The van der Waals surface area contributed by atoms with E-state index in [0.29, 0.717) is 17.7 Å². The molecule has 0 bridgehead atoms. The van der Waals surface area contributed by atoms with Crippen LogP contribution in [0.15, 0.2) is 48.7 Å². The topological polar surface area (TPSA) is 78.2 Å². The first-order chi connectivity index (χ1) is 15.1. The van der Waals surface area contributed by atoms with E-state index in [4.69, 9.17) is 10.00 Å². The van der Waals surface area contributed by atoms with Crippen molar-refractivity contribution in [3.63, 3.8) is 0 Å². The Bertz CT molecular complexity index is 1230. The number of hydrogen-bond acceptors (Lipinski definition) is 6. The number of cyclic esters (lactones) is 1. The Labute approximate surface area is 181 Å². The number of aromatic nitrogens is 1. The molecule has 0 unspecified atom stereocenters. The van der Waals surface area contributed by atoms with Crippen LogP contribution in [0, 0.1) is 18.3 Å². The number of pyridine rings is 1. The molecule has 2 aromatic carbocycles. The minimum atomic E-state index is -0.218. The first-order valence-electron chi connectivity index (χ1n) is 10.4. The fourth-order valence-corrected chi connectivity index (χ4v) is 4.26. The normalized spacial score (nSPS) is 15.0. The minimum Gasteiger partial charge on any atom is -0.457 e. The molecular weight excluding hydrogens is 388 g/mol. The second-order valence-corrected chi connectivity index (χ2v) is 8.13. The molecule has 0 saturated heterocycles. The van der Waals surface area contributed by atoms with Crippen LogP contribution in [0.5, 0.6) is 0 Å². The molecule has 2 aliphatic rings. The molecule has 0 fully saturated rings. The Morgan fingerprint density at radius 2 is 2.06 bits per heavy atom. The lowest BCUT2D eigenvalue weighted by Gasteiger charge is -2.29. The van der Waals surface area contributed by atoms with Crippen LogP contribution in [0.25, 0.3) is 0 Å². The highest BCUT2D eigenvalue weighted by molar-refractivity contribution is 5.93. The Hall–Kier alpha value is -3.69. The van der Waals surface area contributed by atoms with Crippen molar-refractivity contribution in [3.8, 4) is 6.07 Å². The van der Waals surface area contributed by atoms with Crippen LogP contribution in [0.2, 0.25) is 0 Å². The van der Waals surface area contributed by atoms with Gasteiger partial charge in [-0.25, -0.2) is 9.78 Å². The van der Waals surface area contributed by atoms with Gasteiger partial charge in [0.1, 0.15) is 18.5 Å². The lowest BCUT2D eigenvalue weighted by atomic mass is 9.98. The molecule has 1 aromatic heterocycles. The predicted octanol–water partition coefficient (Wildman–Crippen LogP) is 4.23. The van der Waals surface area contributed by atoms with Crippen molar-refractivity contribution in [2.24, 2.45) is 0 Å². The summed E-state index contributed by atoms with van der Waals surface area (Å²) in [5.74, 6) is 0.525. The molecule has 0 saturated carbocycles. The molecular formula is C25H22N4O2. The molecule has 3 heterocycles. The molecule has 0 spiro atoms. The Morgan fingerprint density at radius 1 is 1.16 bits per heavy atom. The molecule has 0 atom stereocenters. The largest absolute Gasteiger partial charge is 0.457 e. The number of benzene rings is 2. The molecule has 31 heavy (non-hydrogen) atoms. The molecule has 0 radical (unpaired) electrons. The first kappa shape index (κ1) is 19.3. The van der Waals surface area contributed by atoms with Crippen LogP contribution in [0.3, 0.4) is 0 Å². The molecule has 5 rings (SSSR count). The second kappa shape index (κ2) is 7.86. The van der Waals surface area contributed by atoms with E-state index in [2.05, 4.69) is 45.5 Å². The smallest absolute Gasteiger partial charge is 0.338 e. The molecule has 0 amide bonds. The van der Waals surface area contributed by atoms with Gasteiger partial charge in [0.15, 0.2) is 0 Å². The Kier molecular flexibility index (Phi) is 4.89. The van der Waals surface area contributed by atoms with Crippen molar-refractivity contribution in [2.45, 2.75) is 33.0 Å². The number of anilines is 2. The fraction of sp³-hybridized carbons (Fsp3) is 0.240. The van der Waals surface area contributed by atoms with Gasteiger partial charge < -0.3 is 10.1 Å². The van der Waals surface area contributed by atoms with Gasteiger partial charge in [0.05, 0.1) is 11.1 Å². The van der Waals surface area contributed by atoms with Gasteiger partial charge in [-0.15, -0.1) is 0 Å². The van der Waals surface area contributed by atoms with E-state index in [9.17, 15) is 4.79 Å². The second-order valence-electron chi connectivity index (χ2n) is 8.13. The van der Waals surface area contributed by atoms with Crippen molar-refractivity contribution in [2.75, 3.05) is 11.9 Å². The van der Waals surface area contributed by atoms with E-state index in [1.807, 2.05) is 25.1 Å². The molecule has 3 aromatic rings. The summed E-state index contributed by atoms with van der Waals surface area (Å²) in [6.45, 7) is 5.04. The summed E-state index contributed by atoms with van der Waals surface area (Å²) in [6, 6.07) is 16.5. The highest BCUT2D eigenvalue weighted by atomic mass is 16.5. The van der Waals surface area contributed by atoms with Gasteiger partial charge in [-0.3, -0.25) is 4.90 Å². The van der Waals surface area contributed by atoms with Gasteiger partial charge >= 0.3 is 5.97 Å². The summed E-state index contributed by atoms with van der Waals surface area (Å²) >= 11 is 0. The summed E-state index contributed by atoms with van der Waals surface area (Å²) in [5, 5.41) is 12.4. The molecule has 0 aliphatic carbocycles. The molecule has 1 N–H and O–H groups in total. The zero-order chi connectivity index (χ0) is 21.4. The quantitative estimate of drug-likeness (QED) is 0.649. The standard InChI is InChI=1S/C25H22N4O2/c1-16-8-24(27-12-21(16)11-26)28-22-4-3-19-14-29(7-6-18(19)10-22)13-17-2-5-23-20(9-17)15-31-25(23)30/h2-5,8-10,12H,6-7,13-15H2,1H3,(H,27,28). The van der Waals surface area contributed by atoms with Crippen LogP contribution in [0.4, 0.5) is 11.5 Å². The zero-order valence-electron chi connectivity index (χ0n) is 17.3. The lowest BCUT2D eigenvalue weighted by molar-refractivity contribution is 0.0535. The third-order valence-corrected chi connectivity index (χ3v) is 5.96. The highest BCUT2D eigenvalue weighted by Crippen LogP contribution is 2.27. The number of nitrogens with one attached hydrogen (secondary N) is 1. The summed E-state index contributed by atoms with van der Waals surface area (Å²) in [6.07, 6.45) is 2.59. The van der Waals surface area contributed by atoms with Crippen LogP contribution in [-0.4, -0.2) is 22.4 Å². The number of rotatable bonds is 4. The SMILES string of the molecule is Cc1cc(Nc2ccc3c(c2)CCN(Cc2ccc4c(c2)COC4=O)C3)ncc1C#N. The van der Waals surface area contributed by atoms with Crippen LogP contribution in [0.1, 0.15) is 43.7 Å². The van der Waals surface area contributed by atoms with Gasteiger partial charge in [0, 0.05) is 37.1 Å². The van der Waals surface area contributed by atoms with Gasteiger partial charge in [0.25, 0.3) is 0 Å². The monoisotopic (exact) mass is 410 g/mol. The maximum absolute atomic E-state index is 11.6. The number of ether oxygens (including phenoxy) is 1. The lowest BCUT2D eigenvalue weighted by Crippen LogP contribution is -2.30. The maximum Gasteiger partial charge on any atom is 0.338 e. The minimum absolute atomic E-state index is 0.218. The van der Waals surface area contributed by atoms with E-state index in [-0.39, 0.29) is 5.97 Å². The van der Waals surface area contributed by atoms with E-state index >= 15 is 0 Å². The Morgan fingerprint density at radius 3 is 2.90 bits per heavy atom. The van der Waals surface area contributed by atoms with Crippen molar-refractivity contribution in [3.05, 3.63) is 87.6 Å². The fourth-order valence-electron chi connectivity index (χ4n) is 4.26. The summed E-state index contributed by atoms with van der Waals surface area (Å²) in [5.41, 5.74) is 8.09. The van der Waals surface area contributed by atoms with Gasteiger partial charge in [0.2, 0.25) is 0 Å². The summed E-state index contributed by atoms with van der Waals surface area (Å²) < 4.78 is 5.11. The van der Waals surface area contributed by atoms with Crippen molar-refractivity contribution in [1.82, 2.24) is 9.88 Å². The molecule has 2 aliphatic heterocycles. The van der Waals surface area contributed by atoms with E-state index in [1.54, 1.807) is 6.20 Å². The first-order valence-corrected chi connectivity index (χ1v) is 10.4. The third-order valence-electron chi connectivity index (χ3n) is 5.96. The third kappa shape index (κ3) is 3.88. The molecule has 6 heteroatoms. The van der Waals surface area contributed by atoms with Crippen molar-refractivity contribution in [1.29, 1.82) is 5.26 Å². The van der Waals surface area contributed by atoms with Gasteiger partial charge in [-0.05, 0) is 59.9 Å². The number of nitrogens with zero attached hydrogens (tertiary/aromatic N) is 3. The Balaban J connectivity index is 1.26. The number of hydrogen-bond donors (Lipinski definition) is 1. The van der Waals surface area contributed by atoms with Crippen LogP contribution in [-0.2, 0) is 30.9 Å². The van der Waals surface area contributed by atoms with Crippen LogP contribution >= 0.6 is 0 Å². The van der Waals surface area contributed by atoms with Gasteiger partial charge in [-0.1, -0.05) is 18.2 Å².